The molecule has 6 nitrogen and oxygen atoms in total. The summed E-state index contributed by atoms with van der Waals surface area (Å²) in [6.45, 7) is 1.29. The summed E-state index contributed by atoms with van der Waals surface area (Å²) in [5.74, 6) is 1.59. The van der Waals surface area contributed by atoms with Crippen LogP contribution in [0.3, 0.4) is 0 Å². The molecule has 2 aromatic rings. The van der Waals surface area contributed by atoms with Crippen molar-refractivity contribution in [2.75, 3.05) is 20.3 Å². The van der Waals surface area contributed by atoms with Gasteiger partial charge in [0.1, 0.15) is 17.6 Å². The molecule has 0 unspecified atom stereocenters. The van der Waals surface area contributed by atoms with E-state index in [0.717, 1.165) is 30.0 Å². The van der Waals surface area contributed by atoms with Crippen molar-refractivity contribution in [1.29, 1.82) is 0 Å². The molecule has 1 aromatic carbocycles. The maximum atomic E-state index is 12.7. The van der Waals surface area contributed by atoms with Crippen LogP contribution >= 0.6 is 0 Å². The van der Waals surface area contributed by atoms with Gasteiger partial charge in [0.05, 0.1) is 7.11 Å². The number of aromatic nitrogens is 2. The second-order valence-corrected chi connectivity index (χ2v) is 6.00. The van der Waals surface area contributed by atoms with Crippen LogP contribution in [-0.2, 0) is 16.6 Å². The smallest absolute Gasteiger partial charge is 0.224 e. The van der Waals surface area contributed by atoms with Gasteiger partial charge in [0.2, 0.25) is 5.91 Å². The second kappa shape index (κ2) is 7.49. The van der Waals surface area contributed by atoms with Crippen LogP contribution in [-0.4, -0.2) is 35.8 Å². The molecule has 1 aliphatic heterocycles. The Morgan fingerprint density at radius 1 is 1.42 bits per heavy atom. The van der Waals surface area contributed by atoms with E-state index >= 15 is 0 Å². The minimum atomic E-state index is -0.310. The third-order valence-electron chi connectivity index (χ3n) is 4.42. The minimum absolute atomic E-state index is 0.00729. The number of amides is 1. The molecule has 128 valence electrons. The Labute approximate surface area is 141 Å². The van der Waals surface area contributed by atoms with Crippen molar-refractivity contribution in [3.8, 4) is 5.75 Å². The van der Waals surface area contributed by atoms with E-state index in [1.807, 2.05) is 42.1 Å². The molecular weight excluding hydrogens is 306 g/mol. The quantitative estimate of drug-likeness (QED) is 0.912. The lowest BCUT2D eigenvalue weighted by Crippen LogP contribution is -2.38. The number of imidazole rings is 1. The lowest BCUT2D eigenvalue weighted by Gasteiger charge is -2.25. The number of methoxy groups -OCH3 is 1. The molecule has 1 atom stereocenters. The van der Waals surface area contributed by atoms with Gasteiger partial charge in [-0.05, 0) is 30.5 Å². The highest BCUT2D eigenvalue weighted by atomic mass is 16.5. The molecule has 1 fully saturated rings. The SMILES string of the molecule is COc1cccc([C@H](NC(=O)C2CCOCC2)c2nccn2C)c1. The van der Waals surface area contributed by atoms with Gasteiger partial charge in [-0.3, -0.25) is 4.79 Å². The summed E-state index contributed by atoms with van der Waals surface area (Å²) >= 11 is 0. The molecule has 1 aliphatic rings. The number of benzene rings is 1. The zero-order valence-electron chi connectivity index (χ0n) is 14.1. The summed E-state index contributed by atoms with van der Waals surface area (Å²) in [5, 5.41) is 3.16. The van der Waals surface area contributed by atoms with Gasteiger partial charge in [0.15, 0.2) is 0 Å². The van der Waals surface area contributed by atoms with E-state index in [1.165, 1.54) is 0 Å². The number of nitrogens with one attached hydrogen (secondary N) is 1. The molecular formula is C18H23N3O3. The predicted molar refractivity (Wildman–Crippen MR) is 89.7 cm³/mol. The van der Waals surface area contributed by atoms with Crippen molar-refractivity contribution in [3.63, 3.8) is 0 Å². The molecule has 2 heterocycles. The standard InChI is InChI=1S/C18H23N3O3/c1-21-9-8-19-17(21)16(14-4-3-5-15(12-14)23-2)20-18(22)13-6-10-24-11-7-13/h3-5,8-9,12-13,16H,6-7,10-11H2,1-2H3,(H,20,22)/t16-/m0/s1. The highest BCUT2D eigenvalue weighted by Gasteiger charge is 2.27. The number of aryl methyl sites for hydroxylation is 1. The monoisotopic (exact) mass is 329 g/mol. The summed E-state index contributed by atoms with van der Waals surface area (Å²) in [7, 11) is 3.56. The van der Waals surface area contributed by atoms with Crippen LogP contribution in [0.5, 0.6) is 5.75 Å². The third kappa shape index (κ3) is 3.59. The first kappa shape index (κ1) is 16.5. The van der Waals surface area contributed by atoms with E-state index in [-0.39, 0.29) is 17.9 Å². The highest BCUT2D eigenvalue weighted by Crippen LogP contribution is 2.25. The summed E-state index contributed by atoms with van der Waals surface area (Å²) in [6, 6.07) is 7.41. The maximum absolute atomic E-state index is 12.7. The Balaban J connectivity index is 1.87. The van der Waals surface area contributed by atoms with Gasteiger partial charge in [-0.25, -0.2) is 4.98 Å². The van der Waals surface area contributed by atoms with Gasteiger partial charge >= 0.3 is 0 Å². The summed E-state index contributed by atoms with van der Waals surface area (Å²) < 4.78 is 12.6. The number of nitrogens with zero attached hydrogens (tertiary/aromatic N) is 2. The van der Waals surface area contributed by atoms with E-state index < -0.39 is 0 Å². The maximum Gasteiger partial charge on any atom is 0.224 e. The van der Waals surface area contributed by atoms with Crippen molar-refractivity contribution >= 4 is 5.91 Å². The van der Waals surface area contributed by atoms with Gasteiger partial charge in [-0.2, -0.15) is 0 Å². The first-order chi connectivity index (χ1) is 11.7. The van der Waals surface area contributed by atoms with Gasteiger partial charge < -0.3 is 19.4 Å². The van der Waals surface area contributed by atoms with Gasteiger partial charge in [-0.15, -0.1) is 0 Å². The van der Waals surface area contributed by atoms with Crippen LogP contribution in [0.1, 0.15) is 30.3 Å². The van der Waals surface area contributed by atoms with E-state index in [0.29, 0.717) is 13.2 Å². The Morgan fingerprint density at radius 3 is 2.88 bits per heavy atom. The lowest BCUT2D eigenvalue weighted by molar-refractivity contribution is -0.128. The molecule has 0 saturated carbocycles. The fraction of sp³-hybridized carbons (Fsp3) is 0.444. The number of carbonyl (C=O) groups is 1. The van der Waals surface area contributed by atoms with Gasteiger partial charge in [-0.1, -0.05) is 12.1 Å². The average molecular weight is 329 g/mol. The first-order valence-corrected chi connectivity index (χ1v) is 8.18. The molecule has 6 heteroatoms. The van der Waals surface area contributed by atoms with E-state index in [2.05, 4.69) is 10.3 Å². The molecule has 3 rings (SSSR count). The molecule has 0 bridgehead atoms. The van der Waals surface area contributed by atoms with Crippen molar-refractivity contribution in [3.05, 3.63) is 48.0 Å². The second-order valence-electron chi connectivity index (χ2n) is 6.00. The highest BCUT2D eigenvalue weighted by molar-refractivity contribution is 5.79. The number of hydrogen-bond acceptors (Lipinski definition) is 4. The van der Waals surface area contributed by atoms with Crippen LogP contribution in [0, 0.1) is 5.92 Å². The van der Waals surface area contributed by atoms with E-state index in [1.54, 1.807) is 13.3 Å². The van der Waals surface area contributed by atoms with Crippen molar-refractivity contribution in [2.24, 2.45) is 13.0 Å². The fourth-order valence-corrected chi connectivity index (χ4v) is 2.99. The van der Waals surface area contributed by atoms with Crippen LogP contribution in [0.15, 0.2) is 36.7 Å². The minimum Gasteiger partial charge on any atom is -0.497 e. The lowest BCUT2D eigenvalue weighted by atomic mass is 9.97. The van der Waals surface area contributed by atoms with Crippen LogP contribution < -0.4 is 10.1 Å². The Morgan fingerprint density at radius 2 is 2.21 bits per heavy atom. The summed E-state index contributed by atoms with van der Waals surface area (Å²) in [5.41, 5.74) is 0.948. The fourth-order valence-electron chi connectivity index (χ4n) is 2.99. The summed E-state index contributed by atoms with van der Waals surface area (Å²) in [4.78, 5) is 17.1. The third-order valence-corrected chi connectivity index (χ3v) is 4.42. The number of rotatable bonds is 5. The molecule has 1 aromatic heterocycles. The van der Waals surface area contributed by atoms with Gasteiger partial charge in [0, 0.05) is 38.6 Å². The number of carbonyl (C=O) groups excluding carboxylic acids is 1. The molecule has 0 spiro atoms. The van der Waals surface area contributed by atoms with Crippen molar-refractivity contribution < 1.29 is 14.3 Å². The summed E-state index contributed by atoms with van der Waals surface area (Å²) in [6.07, 6.45) is 5.14. The Hall–Kier alpha value is -2.34. The zero-order valence-corrected chi connectivity index (χ0v) is 14.1. The molecule has 1 N–H and O–H groups in total. The van der Waals surface area contributed by atoms with Crippen LogP contribution in [0.4, 0.5) is 0 Å². The molecule has 1 saturated heterocycles. The average Bonchev–Trinajstić information content (AvgIpc) is 3.06. The van der Waals surface area contributed by atoms with E-state index in [9.17, 15) is 4.79 Å². The Kier molecular flexibility index (Phi) is 5.15. The predicted octanol–water partition coefficient (Wildman–Crippen LogP) is 2.06. The molecule has 24 heavy (non-hydrogen) atoms. The number of hydrogen-bond donors (Lipinski definition) is 1. The van der Waals surface area contributed by atoms with Crippen LogP contribution in [0.25, 0.3) is 0 Å². The van der Waals surface area contributed by atoms with Crippen molar-refractivity contribution in [2.45, 2.75) is 18.9 Å². The van der Waals surface area contributed by atoms with Gasteiger partial charge in [0.25, 0.3) is 0 Å². The molecule has 0 radical (unpaired) electrons. The Bertz CT molecular complexity index is 692. The molecule has 0 aliphatic carbocycles. The first-order valence-electron chi connectivity index (χ1n) is 8.18. The normalized spacial score (nSPS) is 16.6. The van der Waals surface area contributed by atoms with E-state index in [4.69, 9.17) is 9.47 Å². The van der Waals surface area contributed by atoms with Crippen molar-refractivity contribution in [1.82, 2.24) is 14.9 Å². The van der Waals surface area contributed by atoms with Crippen LogP contribution in [0.2, 0.25) is 0 Å². The molecule has 1 amide bonds. The number of ether oxygens (including phenoxy) is 2. The largest absolute Gasteiger partial charge is 0.497 e. The topological polar surface area (TPSA) is 65.4 Å². The zero-order chi connectivity index (χ0) is 16.9.